The van der Waals surface area contributed by atoms with Crippen LogP contribution in [0.3, 0.4) is 0 Å². The minimum absolute atomic E-state index is 0.443. The first-order valence-electron chi connectivity index (χ1n) is 7.03. The number of rotatable bonds is 8. The molecule has 0 amide bonds. The van der Waals surface area contributed by atoms with E-state index in [1.165, 1.54) is 0 Å². The van der Waals surface area contributed by atoms with Gasteiger partial charge in [-0.1, -0.05) is 36.4 Å². The van der Waals surface area contributed by atoms with Crippen LogP contribution < -0.4 is 9.47 Å². The number of hydrogen-bond donors (Lipinski definition) is 0. The zero-order valence-electron chi connectivity index (χ0n) is 12.2. The van der Waals surface area contributed by atoms with Crippen molar-refractivity contribution in [3.05, 3.63) is 71.8 Å². The van der Waals surface area contributed by atoms with E-state index in [1.54, 1.807) is 0 Å². The maximum absolute atomic E-state index is 5.86. The highest BCUT2D eigenvalue weighted by molar-refractivity contribution is 6.17. The SMILES string of the molecule is ClCc1ccccc1OCC=CCOc1ccccc1CCl. The molecule has 0 heterocycles. The van der Waals surface area contributed by atoms with E-state index in [0.717, 1.165) is 22.6 Å². The van der Waals surface area contributed by atoms with Crippen LogP contribution in [-0.2, 0) is 11.8 Å². The van der Waals surface area contributed by atoms with Crippen molar-refractivity contribution in [2.45, 2.75) is 11.8 Å². The Kier molecular flexibility index (Phi) is 7.14. The van der Waals surface area contributed by atoms with E-state index in [0.29, 0.717) is 25.0 Å². The summed E-state index contributed by atoms with van der Waals surface area (Å²) in [5, 5.41) is 0. The van der Waals surface area contributed by atoms with Crippen molar-refractivity contribution >= 4 is 23.2 Å². The van der Waals surface area contributed by atoms with Crippen LogP contribution in [0.15, 0.2) is 60.7 Å². The summed E-state index contributed by atoms with van der Waals surface area (Å²) in [4.78, 5) is 0. The van der Waals surface area contributed by atoms with Crippen LogP contribution in [0.25, 0.3) is 0 Å². The Balaban J connectivity index is 1.77. The molecular formula is C18H18Cl2O2. The quantitative estimate of drug-likeness (QED) is 0.488. The van der Waals surface area contributed by atoms with E-state index >= 15 is 0 Å². The van der Waals surface area contributed by atoms with Gasteiger partial charge in [0, 0.05) is 11.1 Å². The Morgan fingerprint density at radius 1 is 0.682 bits per heavy atom. The van der Waals surface area contributed by atoms with Crippen molar-refractivity contribution in [1.29, 1.82) is 0 Å². The third-order valence-corrected chi connectivity index (χ3v) is 3.65. The summed E-state index contributed by atoms with van der Waals surface area (Å²) >= 11 is 11.7. The molecule has 0 N–H and O–H groups in total. The van der Waals surface area contributed by atoms with Crippen molar-refractivity contribution in [3.63, 3.8) is 0 Å². The molecule has 4 heteroatoms. The van der Waals surface area contributed by atoms with E-state index in [1.807, 2.05) is 60.7 Å². The van der Waals surface area contributed by atoms with Gasteiger partial charge in [0.15, 0.2) is 0 Å². The third-order valence-electron chi connectivity index (χ3n) is 3.07. The molecule has 0 saturated carbocycles. The maximum atomic E-state index is 5.86. The summed E-state index contributed by atoms with van der Waals surface area (Å²) in [7, 11) is 0. The molecule has 2 aromatic rings. The second-order valence-corrected chi connectivity index (χ2v) is 5.11. The molecule has 0 radical (unpaired) electrons. The highest BCUT2D eigenvalue weighted by atomic mass is 35.5. The Morgan fingerprint density at radius 2 is 1.09 bits per heavy atom. The fourth-order valence-corrected chi connectivity index (χ4v) is 2.36. The molecule has 0 atom stereocenters. The van der Waals surface area contributed by atoms with E-state index in [-0.39, 0.29) is 0 Å². The lowest BCUT2D eigenvalue weighted by atomic mass is 10.2. The van der Waals surface area contributed by atoms with Gasteiger partial charge in [-0.05, 0) is 24.3 Å². The molecule has 2 nitrogen and oxygen atoms in total. The van der Waals surface area contributed by atoms with Crippen molar-refractivity contribution in [3.8, 4) is 11.5 Å². The van der Waals surface area contributed by atoms with Gasteiger partial charge in [0.2, 0.25) is 0 Å². The minimum atomic E-state index is 0.443. The molecule has 0 spiro atoms. The third kappa shape index (κ3) is 4.97. The smallest absolute Gasteiger partial charge is 0.124 e. The number of benzene rings is 2. The largest absolute Gasteiger partial charge is 0.489 e. The predicted molar refractivity (Wildman–Crippen MR) is 92.1 cm³/mol. The fraction of sp³-hybridized carbons (Fsp3) is 0.222. The lowest BCUT2D eigenvalue weighted by molar-refractivity contribution is 0.347. The lowest BCUT2D eigenvalue weighted by Crippen LogP contribution is -1.99. The Labute approximate surface area is 141 Å². The maximum Gasteiger partial charge on any atom is 0.124 e. The highest BCUT2D eigenvalue weighted by Gasteiger charge is 2.00. The zero-order valence-corrected chi connectivity index (χ0v) is 13.7. The molecule has 0 unspecified atom stereocenters. The van der Waals surface area contributed by atoms with Crippen molar-refractivity contribution in [2.75, 3.05) is 13.2 Å². The fourth-order valence-electron chi connectivity index (χ4n) is 1.92. The van der Waals surface area contributed by atoms with Crippen LogP contribution in [0.5, 0.6) is 11.5 Å². The van der Waals surface area contributed by atoms with Gasteiger partial charge >= 0.3 is 0 Å². The van der Waals surface area contributed by atoms with Crippen LogP contribution in [0.1, 0.15) is 11.1 Å². The summed E-state index contributed by atoms with van der Waals surface area (Å²) in [5.41, 5.74) is 1.98. The minimum Gasteiger partial charge on any atom is -0.489 e. The van der Waals surface area contributed by atoms with Crippen LogP contribution in [-0.4, -0.2) is 13.2 Å². The molecule has 22 heavy (non-hydrogen) atoms. The number of para-hydroxylation sites is 2. The van der Waals surface area contributed by atoms with Crippen LogP contribution in [0.2, 0.25) is 0 Å². The lowest BCUT2D eigenvalue weighted by Gasteiger charge is -2.08. The number of alkyl halides is 2. The van der Waals surface area contributed by atoms with E-state index in [2.05, 4.69) is 0 Å². The average molecular weight is 337 g/mol. The van der Waals surface area contributed by atoms with Crippen molar-refractivity contribution in [1.82, 2.24) is 0 Å². The number of halogens is 2. The van der Waals surface area contributed by atoms with Crippen LogP contribution >= 0.6 is 23.2 Å². The van der Waals surface area contributed by atoms with Gasteiger partial charge in [-0.3, -0.25) is 0 Å². The number of ether oxygens (including phenoxy) is 2. The zero-order chi connectivity index (χ0) is 15.6. The number of hydrogen-bond acceptors (Lipinski definition) is 2. The molecular weight excluding hydrogens is 319 g/mol. The first kappa shape index (κ1) is 16.7. The first-order valence-corrected chi connectivity index (χ1v) is 8.10. The molecule has 0 aliphatic rings. The van der Waals surface area contributed by atoms with E-state index < -0.39 is 0 Å². The molecule has 0 aromatic heterocycles. The van der Waals surface area contributed by atoms with Crippen LogP contribution in [0, 0.1) is 0 Å². The average Bonchev–Trinajstić information content (AvgIpc) is 2.58. The Morgan fingerprint density at radius 3 is 1.50 bits per heavy atom. The van der Waals surface area contributed by atoms with Gasteiger partial charge in [-0.15, -0.1) is 23.2 Å². The van der Waals surface area contributed by atoms with Gasteiger partial charge < -0.3 is 9.47 Å². The Hall–Kier alpha value is -1.64. The van der Waals surface area contributed by atoms with Gasteiger partial charge in [0.1, 0.15) is 24.7 Å². The molecule has 2 rings (SSSR count). The molecule has 0 aliphatic heterocycles. The summed E-state index contributed by atoms with van der Waals surface area (Å²) in [6, 6.07) is 15.5. The molecule has 0 fully saturated rings. The second-order valence-electron chi connectivity index (χ2n) is 4.58. The summed E-state index contributed by atoms with van der Waals surface area (Å²) < 4.78 is 11.4. The summed E-state index contributed by atoms with van der Waals surface area (Å²) in [6.45, 7) is 0.961. The molecule has 116 valence electrons. The second kappa shape index (κ2) is 9.39. The standard InChI is InChI=1S/C18H18Cl2O2/c19-13-15-7-1-3-9-17(15)21-11-5-6-12-22-18-10-4-2-8-16(18)14-20/h1-10H,11-14H2. The summed E-state index contributed by atoms with van der Waals surface area (Å²) in [5.74, 6) is 2.52. The van der Waals surface area contributed by atoms with E-state index in [4.69, 9.17) is 32.7 Å². The molecule has 0 aliphatic carbocycles. The first-order chi connectivity index (χ1) is 10.8. The highest BCUT2D eigenvalue weighted by Crippen LogP contribution is 2.20. The van der Waals surface area contributed by atoms with Crippen molar-refractivity contribution < 1.29 is 9.47 Å². The van der Waals surface area contributed by atoms with Gasteiger partial charge in [-0.2, -0.15) is 0 Å². The molecule has 2 aromatic carbocycles. The molecule has 0 bridgehead atoms. The summed E-state index contributed by atoms with van der Waals surface area (Å²) in [6.07, 6.45) is 3.85. The predicted octanol–water partition coefficient (Wildman–Crippen LogP) is 5.18. The van der Waals surface area contributed by atoms with Crippen LogP contribution in [0.4, 0.5) is 0 Å². The molecule has 0 saturated heterocycles. The van der Waals surface area contributed by atoms with Gasteiger partial charge in [-0.25, -0.2) is 0 Å². The van der Waals surface area contributed by atoms with Gasteiger partial charge in [0.25, 0.3) is 0 Å². The normalized spacial score (nSPS) is 10.8. The van der Waals surface area contributed by atoms with Crippen molar-refractivity contribution in [2.24, 2.45) is 0 Å². The monoisotopic (exact) mass is 336 g/mol. The van der Waals surface area contributed by atoms with E-state index in [9.17, 15) is 0 Å². The Bertz CT molecular complexity index is 558. The topological polar surface area (TPSA) is 18.5 Å². The van der Waals surface area contributed by atoms with Gasteiger partial charge in [0.05, 0.1) is 11.8 Å².